The predicted molar refractivity (Wildman–Crippen MR) is 183 cm³/mol. The van der Waals surface area contributed by atoms with E-state index < -0.39 is 53.0 Å². The van der Waals surface area contributed by atoms with E-state index in [0.717, 1.165) is 15.7 Å². The first kappa shape index (κ1) is 38.1. The number of nitrogens with zero attached hydrogens (tertiary/aromatic N) is 5. The standard InChI is InChI=1S/C36H40FN5O12/c1-17-9-18(2)28(22(10-17)51-21(5)43)35(6,7)12-27(45)48-15-36(8)25(44)11-26(54-36)42-16-39-29-30(38-13-23-19(3)49-33(46)52-23)41(32(37)40-31(29)42)14-24-20(4)50-34(47)53-24/h9-10,16,25-26,44H,11-15H2,1-8H3/b38-30-/t25-,26+,36+/m0/s1. The van der Waals surface area contributed by atoms with Gasteiger partial charge >= 0.3 is 23.6 Å². The maximum atomic E-state index is 15.9. The Labute approximate surface area is 306 Å². The van der Waals surface area contributed by atoms with Crippen LogP contribution in [0, 0.1) is 33.8 Å². The van der Waals surface area contributed by atoms with E-state index in [9.17, 15) is 24.3 Å². The summed E-state index contributed by atoms with van der Waals surface area (Å²) in [5, 5.41) is 11.2. The van der Waals surface area contributed by atoms with Crippen molar-refractivity contribution in [2.75, 3.05) is 6.61 Å². The Kier molecular flexibility index (Phi) is 10.1. The van der Waals surface area contributed by atoms with E-state index in [1.807, 2.05) is 33.8 Å². The lowest BCUT2D eigenvalue weighted by atomic mass is 9.78. The van der Waals surface area contributed by atoms with Gasteiger partial charge in [0.1, 0.15) is 42.3 Å². The average Bonchev–Trinajstić information content (AvgIpc) is 3.79. The number of hydrogen-bond acceptors (Lipinski definition) is 15. The van der Waals surface area contributed by atoms with Crippen LogP contribution in [0.4, 0.5) is 4.39 Å². The SMILES string of the molecule is CC(=O)Oc1cc(C)cc(C)c1C(C)(C)CC(=O)OC[C@@]1(C)O[C@@H](n2cnc3/c(=N/Cc4oc(=O)oc4C)n(Cc4oc(=O)oc4C)c(F)nc32)C[C@@H]1O. The topological polar surface area (TPSA) is 217 Å². The molecule has 0 bridgehead atoms. The highest BCUT2D eigenvalue weighted by molar-refractivity contribution is 5.74. The zero-order valence-electron chi connectivity index (χ0n) is 31.0. The molecule has 0 saturated carbocycles. The van der Waals surface area contributed by atoms with Crippen LogP contribution in [0.2, 0.25) is 0 Å². The Balaban J connectivity index is 1.25. The number of aliphatic hydroxyl groups is 1. The monoisotopic (exact) mass is 753 g/mol. The highest BCUT2D eigenvalue weighted by Crippen LogP contribution is 2.40. The first-order valence-electron chi connectivity index (χ1n) is 17.0. The van der Waals surface area contributed by atoms with Gasteiger partial charge in [0.2, 0.25) is 0 Å². The number of hydrogen-bond donors (Lipinski definition) is 1. The minimum absolute atomic E-state index is 0.00270. The maximum absolute atomic E-state index is 15.9. The van der Waals surface area contributed by atoms with Crippen molar-refractivity contribution in [1.29, 1.82) is 0 Å². The van der Waals surface area contributed by atoms with Crippen molar-refractivity contribution < 1.29 is 51.0 Å². The van der Waals surface area contributed by atoms with Crippen molar-refractivity contribution >= 4 is 23.1 Å². The molecule has 0 unspecified atom stereocenters. The smallest absolute Gasteiger partial charge is 0.462 e. The van der Waals surface area contributed by atoms with Crippen LogP contribution in [0.25, 0.3) is 11.2 Å². The lowest BCUT2D eigenvalue weighted by molar-refractivity contribution is -0.163. The summed E-state index contributed by atoms with van der Waals surface area (Å²) in [6.45, 7) is 12.4. The first-order valence-corrected chi connectivity index (χ1v) is 17.0. The van der Waals surface area contributed by atoms with Crippen LogP contribution in [0.15, 0.2) is 50.7 Å². The lowest BCUT2D eigenvalue weighted by Gasteiger charge is -2.30. The molecule has 1 N–H and O–H groups in total. The summed E-state index contributed by atoms with van der Waals surface area (Å²) in [5.74, 6) is -2.19. The van der Waals surface area contributed by atoms with Gasteiger partial charge in [0, 0.05) is 24.3 Å². The fourth-order valence-corrected chi connectivity index (χ4v) is 6.76. The molecule has 4 aromatic heterocycles. The van der Waals surface area contributed by atoms with Gasteiger partial charge < -0.3 is 37.0 Å². The second kappa shape index (κ2) is 14.3. The van der Waals surface area contributed by atoms with E-state index in [-0.39, 0.29) is 72.2 Å². The van der Waals surface area contributed by atoms with Gasteiger partial charge in [-0.2, -0.15) is 9.37 Å². The minimum Gasteiger partial charge on any atom is -0.462 e. The Morgan fingerprint density at radius 1 is 1.07 bits per heavy atom. The normalized spacial score (nSPS) is 19.2. The van der Waals surface area contributed by atoms with Crippen molar-refractivity contribution in [2.24, 2.45) is 4.99 Å². The lowest BCUT2D eigenvalue weighted by Crippen LogP contribution is -2.42. The number of rotatable bonds is 11. The second-order valence-corrected chi connectivity index (χ2v) is 14.2. The molecule has 5 heterocycles. The predicted octanol–water partition coefficient (Wildman–Crippen LogP) is 3.72. The molecule has 1 aliphatic rings. The van der Waals surface area contributed by atoms with Crippen molar-refractivity contribution in [3.8, 4) is 5.75 Å². The van der Waals surface area contributed by atoms with Crippen molar-refractivity contribution in [1.82, 2.24) is 19.1 Å². The molecule has 1 aromatic carbocycles. The van der Waals surface area contributed by atoms with E-state index in [4.69, 9.17) is 31.9 Å². The molecular weight excluding hydrogens is 713 g/mol. The second-order valence-electron chi connectivity index (χ2n) is 14.2. The van der Waals surface area contributed by atoms with Gasteiger partial charge in [-0.05, 0) is 51.8 Å². The quantitative estimate of drug-likeness (QED) is 0.116. The number of carbonyl (C=O) groups is 2. The number of benzene rings is 1. The molecule has 1 aliphatic heterocycles. The number of halogens is 1. The Bertz CT molecular complexity index is 2450. The highest BCUT2D eigenvalue weighted by Gasteiger charge is 2.47. The molecule has 1 saturated heterocycles. The number of imidazole rings is 1. The molecule has 17 nitrogen and oxygen atoms in total. The molecule has 3 atom stereocenters. The van der Waals surface area contributed by atoms with Crippen LogP contribution in [-0.4, -0.2) is 54.5 Å². The first-order chi connectivity index (χ1) is 25.3. The van der Waals surface area contributed by atoms with Crippen LogP contribution in [0.5, 0.6) is 5.75 Å². The van der Waals surface area contributed by atoms with Gasteiger partial charge in [-0.3, -0.25) is 23.7 Å². The summed E-state index contributed by atoms with van der Waals surface area (Å²) < 4.78 is 55.8. The summed E-state index contributed by atoms with van der Waals surface area (Å²) in [4.78, 5) is 61.5. The van der Waals surface area contributed by atoms with Crippen LogP contribution in [0.1, 0.15) is 86.5 Å². The number of ether oxygens (including phenoxy) is 3. The van der Waals surface area contributed by atoms with E-state index >= 15 is 4.39 Å². The number of carbonyl (C=O) groups excluding carboxylic acids is 2. The summed E-state index contributed by atoms with van der Waals surface area (Å²) in [6, 6.07) is 3.69. The number of aromatic nitrogens is 4. The van der Waals surface area contributed by atoms with Gasteiger partial charge in [0.15, 0.2) is 28.2 Å². The van der Waals surface area contributed by atoms with Crippen LogP contribution in [-0.2, 0) is 37.6 Å². The zero-order chi connectivity index (χ0) is 39.3. The minimum atomic E-state index is -1.38. The van der Waals surface area contributed by atoms with Gasteiger partial charge in [0.05, 0.1) is 25.4 Å². The maximum Gasteiger partial charge on any atom is 0.519 e. The zero-order valence-corrected chi connectivity index (χ0v) is 31.0. The van der Waals surface area contributed by atoms with E-state index in [1.165, 1.54) is 31.7 Å². The van der Waals surface area contributed by atoms with Crippen LogP contribution < -0.4 is 21.9 Å². The molecule has 0 aliphatic carbocycles. The summed E-state index contributed by atoms with van der Waals surface area (Å²) in [5.41, 5.74) is 0.298. The van der Waals surface area contributed by atoms with Gasteiger partial charge in [-0.15, -0.1) is 0 Å². The van der Waals surface area contributed by atoms with Crippen molar-refractivity contribution in [2.45, 2.75) is 105 Å². The highest BCUT2D eigenvalue weighted by atomic mass is 19.1. The molecule has 0 radical (unpaired) electrons. The molecule has 0 amide bonds. The van der Waals surface area contributed by atoms with Crippen molar-refractivity contribution in [3.63, 3.8) is 0 Å². The van der Waals surface area contributed by atoms with Gasteiger partial charge in [0.25, 0.3) is 6.08 Å². The fourth-order valence-electron chi connectivity index (χ4n) is 6.76. The molecule has 5 aromatic rings. The summed E-state index contributed by atoms with van der Waals surface area (Å²) in [7, 11) is 0. The number of aliphatic hydroxyl groups excluding tert-OH is 1. The van der Waals surface area contributed by atoms with Gasteiger partial charge in [-0.25, -0.2) is 14.6 Å². The fraction of sp³-hybridized carbons (Fsp3) is 0.472. The number of aryl methyl sites for hydroxylation is 4. The molecular formula is C36H40FN5O12. The molecule has 54 heavy (non-hydrogen) atoms. The molecule has 0 spiro atoms. The number of esters is 2. The molecule has 288 valence electrons. The largest absolute Gasteiger partial charge is 0.519 e. The third kappa shape index (κ3) is 7.56. The molecule has 18 heteroatoms. The third-order valence-corrected chi connectivity index (χ3v) is 9.33. The van der Waals surface area contributed by atoms with Crippen molar-refractivity contribution in [3.05, 3.63) is 91.0 Å². The van der Waals surface area contributed by atoms with Crippen LogP contribution in [0.3, 0.4) is 0 Å². The Morgan fingerprint density at radius 3 is 2.37 bits per heavy atom. The van der Waals surface area contributed by atoms with E-state index in [2.05, 4.69) is 15.0 Å². The molecule has 6 rings (SSSR count). The van der Waals surface area contributed by atoms with Gasteiger partial charge in [-0.1, -0.05) is 19.9 Å². The Morgan fingerprint density at radius 2 is 1.74 bits per heavy atom. The third-order valence-electron chi connectivity index (χ3n) is 9.33. The summed E-state index contributed by atoms with van der Waals surface area (Å²) in [6.07, 6.45) is -1.83. The number of fused-ring (bicyclic) bond motifs is 1. The van der Waals surface area contributed by atoms with E-state index in [1.54, 1.807) is 13.0 Å². The summed E-state index contributed by atoms with van der Waals surface area (Å²) >= 11 is 0. The van der Waals surface area contributed by atoms with Crippen LogP contribution >= 0.6 is 0 Å². The van der Waals surface area contributed by atoms with E-state index in [0.29, 0.717) is 11.3 Å². The molecule has 1 fully saturated rings. The average molecular weight is 754 g/mol. The Hall–Kier alpha value is -5.62.